The van der Waals surface area contributed by atoms with Crippen molar-refractivity contribution in [1.29, 1.82) is 0 Å². The van der Waals surface area contributed by atoms with E-state index in [1.165, 1.54) is 36.0 Å². The van der Waals surface area contributed by atoms with Crippen LogP contribution in [0.4, 0.5) is 0 Å². The van der Waals surface area contributed by atoms with Crippen LogP contribution in [0, 0.1) is 0 Å². The molecule has 0 radical (unpaired) electrons. The number of hydrogen-bond donors (Lipinski definition) is 2. The maximum atomic E-state index is 11.0. The van der Waals surface area contributed by atoms with Gasteiger partial charge >= 0.3 is 5.97 Å². The van der Waals surface area contributed by atoms with Crippen molar-refractivity contribution in [1.82, 2.24) is 5.32 Å². The maximum absolute atomic E-state index is 11.0. The lowest BCUT2D eigenvalue weighted by atomic mass is 9.65. The molecule has 2 aromatic rings. The second kappa shape index (κ2) is 6.89. The normalized spacial score (nSPS) is 23.5. The van der Waals surface area contributed by atoms with E-state index in [-0.39, 0.29) is 11.0 Å². The van der Waals surface area contributed by atoms with Gasteiger partial charge in [-0.1, -0.05) is 50.3 Å². The molecule has 2 N–H and O–H groups in total. The number of benzene rings is 2. The molecule has 1 fully saturated rings. The average molecular weight is 376 g/mol. The summed E-state index contributed by atoms with van der Waals surface area (Å²) in [5.41, 5.74) is 5.63. The van der Waals surface area contributed by atoms with Crippen molar-refractivity contribution in [3.8, 4) is 0 Å². The van der Waals surface area contributed by atoms with Crippen LogP contribution in [0.3, 0.4) is 0 Å². The number of hydrogen-bond acceptors (Lipinski definition) is 2. The third kappa shape index (κ3) is 3.77. The van der Waals surface area contributed by atoms with E-state index in [1.54, 1.807) is 12.1 Å². The van der Waals surface area contributed by atoms with Gasteiger partial charge in [-0.3, -0.25) is 0 Å². The summed E-state index contributed by atoms with van der Waals surface area (Å²) in [6.07, 6.45) is 9.11. The lowest BCUT2D eigenvalue weighted by Crippen LogP contribution is -2.46. The molecule has 28 heavy (non-hydrogen) atoms. The Balaban J connectivity index is 1.64. The predicted octanol–water partition coefficient (Wildman–Crippen LogP) is 5.59. The minimum absolute atomic E-state index is 0.0407. The van der Waals surface area contributed by atoms with Gasteiger partial charge in [0.2, 0.25) is 0 Å². The third-order valence-electron chi connectivity index (χ3n) is 6.34. The maximum Gasteiger partial charge on any atom is 0.335 e. The first-order valence-corrected chi connectivity index (χ1v) is 10.2. The van der Waals surface area contributed by atoms with Crippen LogP contribution in [0.1, 0.15) is 79.1 Å². The highest BCUT2D eigenvalue weighted by molar-refractivity contribution is 5.88. The van der Waals surface area contributed by atoms with Crippen molar-refractivity contribution in [3.63, 3.8) is 0 Å². The zero-order valence-electron chi connectivity index (χ0n) is 17.0. The zero-order valence-corrected chi connectivity index (χ0v) is 17.0. The van der Waals surface area contributed by atoms with Crippen LogP contribution in [0.15, 0.2) is 42.5 Å². The third-order valence-corrected chi connectivity index (χ3v) is 6.34. The highest BCUT2D eigenvalue weighted by Gasteiger charge is 2.42. The number of rotatable bonds is 5. The molecule has 0 aromatic heterocycles. The highest BCUT2D eigenvalue weighted by atomic mass is 16.4. The number of carbonyl (C=O) groups is 1. The van der Waals surface area contributed by atoms with Crippen molar-refractivity contribution < 1.29 is 9.90 Å². The van der Waals surface area contributed by atoms with Crippen LogP contribution >= 0.6 is 0 Å². The lowest BCUT2D eigenvalue weighted by Gasteiger charge is -2.44. The summed E-state index contributed by atoms with van der Waals surface area (Å²) in [4.78, 5) is 11.0. The Labute approximate surface area is 167 Å². The Kier molecular flexibility index (Phi) is 4.67. The molecule has 0 amide bonds. The monoisotopic (exact) mass is 375 g/mol. The average Bonchev–Trinajstić information content (AvgIpc) is 3.48. The fraction of sp³-hybridized carbons (Fsp3) is 0.400. The number of carboxylic acid groups (broad SMARTS) is 1. The molecule has 0 bridgehead atoms. The van der Waals surface area contributed by atoms with Gasteiger partial charge in [0.1, 0.15) is 0 Å². The van der Waals surface area contributed by atoms with E-state index in [0.717, 1.165) is 12.0 Å². The molecule has 3 heteroatoms. The fourth-order valence-corrected chi connectivity index (χ4v) is 4.30. The van der Waals surface area contributed by atoms with E-state index in [0.29, 0.717) is 11.6 Å². The molecule has 0 aliphatic heterocycles. The van der Waals surface area contributed by atoms with Crippen LogP contribution in [0.2, 0.25) is 0 Å². The van der Waals surface area contributed by atoms with Crippen molar-refractivity contribution in [2.75, 3.05) is 0 Å². The van der Waals surface area contributed by atoms with Crippen LogP contribution in [0.25, 0.3) is 12.2 Å². The van der Waals surface area contributed by atoms with Crippen LogP contribution in [0.5, 0.6) is 0 Å². The van der Waals surface area contributed by atoms with Crippen LogP contribution in [-0.4, -0.2) is 17.1 Å². The predicted molar refractivity (Wildman–Crippen MR) is 115 cm³/mol. The van der Waals surface area contributed by atoms with Gasteiger partial charge in [-0.2, -0.15) is 0 Å². The quantitative estimate of drug-likeness (QED) is 0.669. The second-order valence-electron chi connectivity index (χ2n) is 9.20. The lowest BCUT2D eigenvalue weighted by molar-refractivity contribution is 0.0697. The van der Waals surface area contributed by atoms with E-state index >= 15 is 0 Å². The minimum atomic E-state index is -0.893. The molecule has 3 nitrogen and oxygen atoms in total. The second-order valence-corrected chi connectivity index (χ2v) is 9.20. The molecule has 1 atom stereocenters. The Morgan fingerprint density at radius 3 is 2.25 bits per heavy atom. The highest BCUT2D eigenvalue weighted by Crippen LogP contribution is 2.46. The van der Waals surface area contributed by atoms with E-state index in [1.807, 2.05) is 18.2 Å². The van der Waals surface area contributed by atoms with E-state index in [2.05, 4.69) is 50.4 Å². The molecule has 1 unspecified atom stereocenters. The van der Waals surface area contributed by atoms with E-state index < -0.39 is 5.97 Å². The summed E-state index contributed by atoms with van der Waals surface area (Å²) in [6.45, 7) is 7.06. The summed E-state index contributed by atoms with van der Waals surface area (Å²) in [7, 11) is 0. The van der Waals surface area contributed by atoms with Gasteiger partial charge in [0.25, 0.3) is 0 Å². The summed E-state index contributed by atoms with van der Waals surface area (Å²) in [5.74, 6) is -0.893. The first-order valence-electron chi connectivity index (χ1n) is 10.2. The smallest absolute Gasteiger partial charge is 0.335 e. The molecule has 1 saturated carbocycles. The Morgan fingerprint density at radius 1 is 0.964 bits per heavy atom. The van der Waals surface area contributed by atoms with Gasteiger partial charge in [-0.25, -0.2) is 4.79 Å². The zero-order chi connectivity index (χ0) is 19.9. The fourth-order valence-electron chi connectivity index (χ4n) is 4.30. The summed E-state index contributed by atoms with van der Waals surface area (Å²) in [5, 5.41) is 12.9. The number of carboxylic acids is 1. The molecule has 4 rings (SSSR count). The molecular weight excluding hydrogens is 346 g/mol. The first-order chi connectivity index (χ1) is 13.3. The Hall–Kier alpha value is -2.39. The molecule has 2 aromatic carbocycles. The molecule has 2 aliphatic rings. The van der Waals surface area contributed by atoms with Crippen molar-refractivity contribution in [2.45, 2.75) is 63.5 Å². The van der Waals surface area contributed by atoms with Gasteiger partial charge in [0.15, 0.2) is 0 Å². The topological polar surface area (TPSA) is 49.3 Å². The molecule has 0 spiro atoms. The summed E-state index contributed by atoms with van der Waals surface area (Å²) >= 11 is 0. The molecule has 0 saturated heterocycles. The standard InChI is InChI=1S/C25H29NO2/c1-24(2)14-15-25(3,26-20-11-12-20)22-16-18(8-13-21(22)24)5-4-17-6-9-19(10-7-17)23(27)28/h4-10,13,16,20,26H,11-12,14-15H2,1-3H3,(H,27,28). The number of fused-ring (bicyclic) bond motifs is 1. The van der Waals surface area contributed by atoms with Gasteiger partial charge in [-0.15, -0.1) is 0 Å². The largest absolute Gasteiger partial charge is 0.478 e. The van der Waals surface area contributed by atoms with Crippen LogP contribution < -0.4 is 5.32 Å². The van der Waals surface area contributed by atoms with Crippen molar-refractivity contribution in [3.05, 3.63) is 70.3 Å². The Bertz CT molecular complexity index is 922. The summed E-state index contributed by atoms with van der Waals surface area (Å²) in [6, 6.07) is 14.5. The Morgan fingerprint density at radius 2 is 1.61 bits per heavy atom. The minimum Gasteiger partial charge on any atom is -0.478 e. The van der Waals surface area contributed by atoms with Gasteiger partial charge in [0.05, 0.1) is 5.56 Å². The van der Waals surface area contributed by atoms with Gasteiger partial charge < -0.3 is 10.4 Å². The first kappa shape index (κ1) is 18.9. The van der Waals surface area contributed by atoms with Crippen LogP contribution in [-0.2, 0) is 11.0 Å². The van der Waals surface area contributed by atoms with Gasteiger partial charge in [0, 0.05) is 11.6 Å². The molecular formula is C25H29NO2. The van der Waals surface area contributed by atoms with Crippen molar-refractivity contribution in [2.24, 2.45) is 0 Å². The molecule has 146 valence electrons. The number of aromatic carboxylic acids is 1. The summed E-state index contributed by atoms with van der Waals surface area (Å²) < 4.78 is 0. The number of nitrogens with one attached hydrogen (secondary N) is 1. The van der Waals surface area contributed by atoms with Gasteiger partial charge in [-0.05, 0) is 78.5 Å². The molecule has 2 aliphatic carbocycles. The molecule has 0 heterocycles. The SMILES string of the molecule is CC1(C)CCC(C)(NC2CC2)c2cc(C=Cc3ccc(C(=O)O)cc3)ccc21. The van der Waals surface area contributed by atoms with E-state index in [9.17, 15) is 4.79 Å². The van der Waals surface area contributed by atoms with E-state index in [4.69, 9.17) is 5.11 Å². The van der Waals surface area contributed by atoms with Crippen molar-refractivity contribution >= 4 is 18.1 Å².